The molecule has 1 aliphatic carbocycles. The highest BCUT2D eigenvalue weighted by molar-refractivity contribution is 6.31. The molecule has 2 rings (SSSR count). The minimum atomic E-state index is -0.273. The van der Waals surface area contributed by atoms with E-state index in [1.807, 2.05) is 0 Å². The van der Waals surface area contributed by atoms with Gasteiger partial charge in [-0.1, -0.05) is 36.9 Å². The summed E-state index contributed by atoms with van der Waals surface area (Å²) in [6.07, 6.45) is 5.85. The lowest BCUT2D eigenvalue weighted by atomic mass is 9.81. The SMILES string of the molecule is NC(c1c(F)cccc1Cl)C1CCCCC1. The highest BCUT2D eigenvalue weighted by atomic mass is 35.5. The number of hydrogen-bond acceptors (Lipinski definition) is 1. The third-order valence-electron chi connectivity index (χ3n) is 3.49. The zero-order valence-electron chi connectivity index (χ0n) is 9.26. The lowest BCUT2D eigenvalue weighted by molar-refractivity contribution is 0.303. The maximum Gasteiger partial charge on any atom is 0.129 e. The van der Waals surface area contributed by atoms with Gasteiger partial charge in [-0.15, -0.1) is 0 Å². The van der Waals surface area contributed by atoms with Crippen molar-refractivity contribution in [2.75, 3.05) is 0 Å². The van der Waals surface area contributed by atoms with E-state index in [-0.39, 0.29) is 11.9 Å². The van der Waals surface area contributed by atoms with Crippen LogP contribution in [0.1, 0.15) is 43.7 Å². The number of benzene rings is 1. The molecule has 3 heteroatoms. The maximum absolute atomic E-state index is 13.7. The van der Waals surface area contributed by atoms with Crippen LogP contribution in [0.3, 0.4) is 0 Å². The Morgan fingerprint density at radius 3 is 2.56 bits per heavy atom. The summed E-state index contributed by atoms with van der Waals surface area (Å²) in [5.74, 6) is 0.105. The molecule has 1 aromatic carbocycles. The van der Waals surface area contributed by atoms with Gasteiger partial charge in [-0.05, 0) is 30.9 Å². The average Bonchev–Trinajstić information content (AvgIpc) is 2.30. The van der Waals surface area contributed by atoms with Gasteiger partial charge in [0.2, 0.25) is 0 Å². The van der Waals surface area contributed by atoms with E-state index in [2.05, 4.69) is 0 Å². The Labute approximate surface area is 101 Å². The lowest BCUT2D eigenvalue weighted by Crippen LogP contribution is -2.24. The van der Waals surface area contributed by atoms with Crippen molar-refractivity contribution in [1.82, 2.24) is 0 Å². The molecule has 0 aromatic heterocycles. The molecule has 2 N–H and O–H groups in total. The summed E-state index contributed by atoms with van der Waals surface area (Å²) in [5, 5.41) is 0.457. The normalized spacial score (nSPS) is 19.7. The van der Waals surface area contributed by atoms with Crippen LogP contribution in [-0.4, -0.2) is 0 Å². The quantitative estimate of drug-likeness (QED) is 0.830. The number of halogens is 2. The van der Waals surface area contributed by atoms with Gasteiger partial charge in [-0.3, -0.25) is 0 Å². The molecule has 0 bridgehead atoms. The van der Waals surface area contributed by atoms with E-state index in [4.69, 9.17) is 17.3 Å². The van der Waals surface area contributed by atoms with Crippen LogP contribution in [0.5, 0.6) is 0 Å². The lowest BCUT2D eigenvalue weighted by Gasteiger charge is -2.28. The van der Waals surface area contributed by atoms with Crippen molar-refractivity contribution in [3.05, 3.63) is 34.6 Å². The third-order valence-corrected chi connectivity index (χ3v) is 3.82. The van der Waals surface area contributed by atoms with Gasteiger partial charge in [0.15, 0.2) is 0 Å². The molecule has 0 aliphatic heterocycles. The van der Waals surface area contributed by atoms with Crippen LogP contribution in [-0.2, 0) is 0 Å². The summed E-state index contributed by atoms with van der Waals surface area (Å²) >= 11 is 6.02. The molecule has 1 saturated carbocycles. The molecule has 1 atom stereocenters. The first kappa shape index (κ1) is 11.9. The summed E-state index contributed by atoms with van der Waals surface area (Å²) in [6, 6.07) is 4.51. The molecule has 0 radical (unpaired) electrons. The van der Waals surface area contributed by atoms with E-state index in [9.17, 15) is 4.39 Å². The van der Waals surface area contributed by atoms with Crippen molar-refractivity contribution >= 4 is 11.6 Å². The Morgan fingerprint density at radius 1 is 1.25 bits per heavy atom. The second kappa shape index (κ2) is 5.15. The van der Waals surface area contributed by atoms with Crippen molar-refractivity contribution in [2.45, 2.75) is 38.1 Å². The van der Waals surface area contributed by atoms with Gasteiger partial charge < -0.3 is 5.73 Å². The van der Waals surface area contributed by atoms with Gasteiger partial charge in [0, 0.05) is 16.6 Å². The van der Waals surface area contributed by atoms with Crippen LogP contribution in [0.2, 0.25) is 5.02 Å². The number of hydrogen-bond donors (Lipinski definition) is 1. The fourth-order valence-corrected chi connectivity index (χ4v) is 2.85. The van der Waals surface area contributed by atoms with Crippen LogP contribution in [0.15, 0.2) is 18.2 Å². The van der Waals surface area contributed by atoms with Crippen molar-refractivity contribution in [3.8, 4) is 0 Å². The second-order valence-corrected chi connectivity index (χ2v) is 4.97. The van der Waals surface area contributed by atoms with Gasteiger partial charge in [-0.25, -0.2) is 4.39 Å². The van der Waals surface area contributed by atoms with Gasteiger partial charge in [-0.2, -0.15) is 0 Å². The second-order valence-electron chi connectivity index (χ2n) is 4.56. The minimum Gasteiger partial charge on any atom is -0.324 e. The summed E-state index contributed by atoms with van der Waals surface area (Å²) in [7, 11) is 0. The van der Waals surface area contributed by atoms with Crippen LogP contribution < -0.4 is 5.73 Å². The molecule has 1 unspecified atom stereocenters. The molecule has 0 spiro atoms. The van der Waals surface area contributed by atoms with E-state index in [0.29, 0.717) is 16.5 Å². The number of nitrogens with two attached hydrogens (primary N) is 1. The van der Waals surface area contributed by atoms with Crippen LogP contribution in [0.4, 0.5) is 4.39 Å². The Kier molecular flexibility index (Phi) is 3.82. The molecule has 0 amide bonds. The predicted molar refractivity (Wildman–Crippen MR) is 64.9 cm³/mol. The summed E-state index contributed by atoms with van der Waals surface area (Å²) < 4.78 is 13.7. The van der Waals surface area contributed by atoms with Crippen molar-refractivity contribution < 1.29 is 4.39 Å². The van der Waals surface area contributed by atoms with Gasteiger partial charge >= 0.3 is 0 Å². The molecular weight excluding hydrogens is 225 g/mol. The van der Waals surface area contributed by atoms with E-state index in [0.717, 1.165) is 12.8 Å². The molecule has 88 valence electrons. The fraction of sp³-hybridized carbons (Fsp3) is 0.538. The summed E-state index contributed by atoms with van der Waals surface area (Å²) in [5.41, 5.74) is 6.64. The summed E-state index contributed by atoms with van der Waals surface area (Å²) in [4.78, 5) is 0. The minimum absolute atomic E-state index is 0.256. The van der Waals surface area contributed by atoms with E-state index in [1.54, 1.807) is 12.1 Å². The van der Waals surface area contributed by atoms with Gasteiger partial charge in [0.1, 0.15) is 5.82 Å². The van der Waals surface area contributed by atoms with Crippen LogP contribution >= 0.6 is 11.6 Å². The standard InChI is InChI=1S/C13H17ClFN/c14-10-7-4-8-11(15)12(10)13(16)9-5-2-1-3-6-9/h4,7-9,13H,1-3,5-6,16H2. The Morgan fingerprint density at radius 2 is 1.94 bits per heavy atom. The monoisotopic (exact) mass is 241 g/mol. The van der Waals surface area contributed by atoms with E-state index >= 15 is 0 Å². The summed E-state index contributed by atoms with van der Waals surface area (Å²) in [6.45, 7) is 0. The molecule has 1 fully saturated rings. The first-order valence-electron chi connectivity index (χ1n) is 5.89. The Bertz CT molecular complexity index is 341. The van der Waals surface area contributed by atoms with Gasteiger partial charge in [0.25, 0.3) is 0 Å². The van der Waals surface area contributed by atoms with Crippen LogP contribution in [0.25, 0.3) is 0 Å². The van der Waals surface area contributed by atoms with E-state index in [1.165, 1.54) is 25.3 Å². The smallest absolute Gasteiger partial charge is 0.129 e. The highest BCUT2D eigenvalue weighted by Crippen LogP contribution is 2.36. The Balaban J connectivity index is 2.22. The van der Waals surface area contributed by atoms with Gasteiger partial charge in [0.05, 0.1) is 0 Å². The average molecular weight is 242 g/mol. The maximum atomic E-state index is 13.7. The van der Waals surface area contributed by atoms with Crippen LogP contribution in [0, 0.1) is 11.7 Å². The van der Waals surface area contributed by atoms with Crippen molar-refractivity contribution in [1.29, 1.82) is 0 Å². The first-order valence-corrected chi connectivity index (χ1v) is 6.27. The fourth-order valence-electron chi connectivity index (χ4n) is 2.56. The third kappa shape index (κ3) is 2.38. The van der Waals surface area contributed by atoms with E-state index < -0.39 is 0 Å². The molecule has 0 saturated heterocycles. The molecule has 1 nitrogen and oxygen atoms in total. The predicted octanol–water partition coefficient (Wildman–Crippen LogP) is 4.06. The number of rotatable bonds is 2. The first-order chi connectivity index (χ1) is 7.70. The zero-order valence-corrected chi connectivity index (χ0v) is 10.0. The molecule has 0 heterocycles. The molecule has 1 aliphatic rings. The molecule has 16 heavy (non-hydrogen) atoms. The largest absolute Gasteiger partial charge is 0.324 e. The van der Waals surface area contributed by atoms with Crippen molar-refractivity contribution in [3.63, 3.8) is 0 Å². The Hall–Kier alpha value is -0.600. The topological polar surface area (TPSA) is 26.0 Å². The molecule has 1 aromatic rings. The molecular formula is C13H17ClFN. The van der Waals surface area contributed by atoms with Crippen molar-refractivity contribution in [2.24, 2.45) is 11.7 Å². The zero-order chi connectivity index (χ0) is 11.5. The highest BCUT2D eigenvalue weighted by Gasteiger charge is 2.25.